The Bertz CT molecular complexity index is 287. The van der Waals surface area contributed by atoms with Crippen LogP contribution in [0.3, 0.4) is 0 Å². The second-order valence-electron chi connectivity index (χ2n) is 3.74. The van der Waals surface area contributed by atoms with Crippen molar-refractivity contribution in [3.63, 3.8) is 0 Å². The fraction of sp³-hybridized carbons (Fsp3) is 0.400. The minimum atomic E-state index is -2.78. The van der Waals surface area contributed by atoms with Crippen molar-refractivity contribution >= 4 is 20.5 Å². The van der Waals surface area contributed by atoms with Crippen molar-refractivity contribution in [2.75, 3.05) is 0 Å². The van der Waals surface area contributed by atoms with Crippen LogP contribution in [0, 0.1) is 0 Å². The molecule has 0 radical (unpaired) electrons. The Morgan fingerprint density at radius 3 is 1.40 bits per heavy atom. The van der Waals surface area contributed by atoms with Crippen molar-refractivity contribution in [2.45, 2.75) is 26.9 Å². The van der Waals surface area contributed by atoms with Crippen molar-refractivity contribution in [1.82, 2.24) is 0 Å². The first-order valence-corrected chi connectivity index (χ1v) is 7.25. The van der Waals surface area contributed by atoms with Crippen LogP contribution in [-0.2, 0) is 18.4 Å². The molecule has 0 saturated heterocycles. The second kappa shape index (κ2) is 4.93. The average Bonchev–Trinajstić information content (AvgIpc) is 2.01. The zero-order valence-corrected chi connectivity index (χ0v) is 10.5. The summed E-state index contributed by atoms with van der Waals surface area (Å²) in [5, 5.41) is 0. The molecule has 0 aliphatic carbocycles. The summed E-state index contributed by atoms with van der Waals surface area (Å²) in [5.74, 6) is -1.08. The highest BCUT2D eigenvalue weighted by atomic mass is 28.4. The molecule has 84 valence electrons. The minimum Gasteiger partial charge on any atom is -0.482 e. The number of carbonyl (C=O) groups is 2. The molecule has 0 aromatic rings. The zero-order chi connectivity index (χ0) is 12.2. The third-order valence-corrected chi connectivity index (χ3v) is 2.73. The molecule has 0 spiro atoms. The summed E-state index contributed by atoms with van der Waals surface area (Å²) in [4.78, 5) is 22.4. The third-order valence-electron chi connectivity index (χ3n) is 1.37. The van der Waals surface area contributed by atoms with Gasteiger partial charge in [0.15, 0.2) is 0 Å². The predicted octanol–water partition coefficient (Wildman–Crippen LogP) is 1.93. The maximum atomic E-state index is 11.2. The molecule has 0 N–H and O–H groups in total. The highest BCUT2D eigenvalue weighted by Gasteiger charge is 2.33. The van der Waals surface area contributed by atoms with Crippen molar-refractivity contribution in [3.05, 3.63) is 24.3 Å². The fourth-order valence-corrected chi connectivity index (χ4v) is 1.92. The van der Waals surface area contributed by atoms with E-state index in [4.69, 9.17) is 8.85 Å². The van der Waals surface area contributed by atoms with Gasteiger partial charge in [0.25, 0.3) is 0 Å². The largest absolute Gasteiger partial charge is 0.482 e. The Morgan fingerprint density at radius 2 is 1.20 bits per heavy atom. The molecule has 0 aromatic heterocycles. The van der Waals surface area contributed by atoms with E-state index in [-0.39, 0.29) is 11.1 Å². The van der Waals surface area contributed by atoms with Crippen LogP contribution in [0.2, 0.25) is 13.1 Å². The van der Waals surface area contributed by atoms with Crippen LogP contribution in [0.15, 0.2) is 24.3 Å². The smallest absolute Gasteiger partial charge is 0.458 e. The molecule has 0 aliphatic rings. The van der Waals surface area contributed by atoms with Gasteiger partial charge in [0.2, 0.25) is 0 Å². The molecule has 5 heteroatoms. The van der Waals surface area contributed by atoms with Crippen LogP contribution >= 0.6 is 0 Å². The average molecular weight is 228 g/mol. The lowest BCUT2D eigenvalue weighted by Crippen LogP contribution is -2.39. The number of hydrogen-bond acceptors (Lipinski definition) is 4. The van der Waals surface area contributed by atoms with E-state index in [0.717, 1.165) is 0 Å². The van der Waals surface area contributed by atoms with E-state index in [9.17, 15) is 9.59 Å². The lowest BCUT2D eigenvalue weighted by Gasteiger charge is -2.22. The van der Waals surface area contributed by atoms with E-state index < -0.39 is 20.5 Å². The molecule has 15 heavy (non-hydrogen) atoms. The summed E-state index contributed by atoms with van der Waals surface area (Å²) in [6.45, 7) is 13.2. The van der Waals surface area contributed by atoms with Crippen LogP contribution in [-0.4, -0.2) is 20.5 Å². The number of rotatable bonds is 4. The molecule has 0 aliphatic heterocycles. The van der Waals surface area contributed by atoms with Crippen molar-refractivity contribution in [1.29, 1.82) is 0 Å². The molecule has 0 unspecified atom stereocenters. The SMILES string of the molecule is C=C(C)C(=O)O[Si](C)(C)OC(=O)C(=C)C. The number of carbonyl (C=O) groups excluding carboxylic acids is 2. The Labute approximate surface area is 90.8 Å². The van der Waals surface area contributed by atoms with E-state index in [0.29, 0.717) is 0 Å². The van der Waals surface area contributed by atoms with E-state index in [1.54, 1.807) is 13.1 Å². The first-order valence-electron chi connectivity index (χ1n) is 4.43. The van der Waals surface area contributed by atoms with Gasteiger partial charge >= 0.3 is 20.5 Å². The monoisotopic (exact) mass is 228 g/mol. The third kappa shape index (κ3) is 5.17. The van der Waals surface area contributed by atoms with E-state index in [2.05, 4.69) is 13.2 Å². The maximum Gasteiger partial charge on any atom is 0.458 e. The van der Waals surface area contributed by atoms with Gasteiger partial charge in [0.1, 0.15) is 0 Å². The molecule has 0 aromatic carbocycles. The summed E-state index contributed by atoms with van der Waals surface area (Å²) in [6, 6.07) is 0. The van der Waals surface area contributed by atoms with Crippen LogP contribution in [0.5, 0.6) is 0 Å². The Balaban J connectivity index is 4.43. The van der Waals surface area contributed by atoms with Gasteiger partial charge in [-0.2, -0.15) is 0 Å². The predicted molar refractivity (Wildman–Crippen MR) is 59.3 cm³/mol. The van der Waals surface area contributed by atoms with Crippen molar-refractivity contribution in [2.24, 2.45) is 0 Å². The van der Waals surface area contributed by atoms with Gasteiger partial charge in [-0.15, -0.1) is 0 Å². The molecule has 0 heterocycles. The molecular formula is C10H16O4Si. The molecule has 0 amide bonds. The lowest BCUT2D eigenvalue weighted by molar-refractivity contribution is -0.136. The van der Waals surface area contributed by atoms with E-state index in [1.807, 2.05) is 0 Å². The summed E-state index contributed by atoms with van der Waals surface area (Å²) >= 11 is 0. The Hall–Kier alpha value is -1.36. The van der Waals surface area contributed by atoms with E-state index >= 15 is 0 Å². The van der Waals surface area contributed by atoms with Gasteiger partial charge in [0.05, 0.1) is 0 Å². The van der Waals surface area contributed by atoms with E-state index in [1.165, 1.54) is 13.8 Å². The molecular weight excluding hydrogens is 212 g/mol. The topological polar surface area (TPSA) is 52.6 Å². The Kier molecular flexibility index (Phi) is 4.48. The quantitative estimate of drug-likeness (QED) is 0.545. The summed E-state index contributed by atoms with van der Waals surface area (Å²) in [5.41, 5.74) is 0.559. The molecule has 0 bridgehead atoms. The molecule has 0 atom stereocenters. The first kappa shape index (κ1) is 13.6. The Morgan fingerprint density at radius 1 is 0.933 bits per heavy atom. The minimum absolute atomic E-state index is 0.280. The first-order chi connectivity index (χ1) is 6.65. The van der Waals surface area contributed by atoms with Crippen LogP contribution in [0.1, 0.15) is 13.8 Å². The van der Waals surface area contributed by atoms with Crippen LogP contribution < -0.4 is 0 Å². The lowest BCUT2D eigenvalue weighted by atomic mass is 10.4. The molecule has 0 fully saturated rings. The molecule has 0 saturated carbocycles. The van der Waals surface area contributed by atoms with Gasteiger partial charge in [-0.25, -0.2) is 9.59 Å². The maximum absolute atomic E-state index is 11.2. The molecule has 4 nitrogen and oxygen atoms in total. The zero-order valence-electron chi connectivity index (χ0n) is 9.55. The summed E-state index contributed by atoms with van der Waals surface area (Å²) in [7, 11) is -2.78. The van der Waals surface area contributed by atoms with Gasteiger partial charge in [0, 0.05) is 24.2 Å². The summed E-state index contributed by atoms with van der Waals surface area (Å²) in [6.07, 6.45) is 0. The molecule has 0 rings (SSSR count). The van der Waals surface area contributed by atoms with Gasteiger partial charge in [-0.05, 0) is 13.8 Å². The highest BCUT2D eigenvalue weighted by molar-refractivity contribution is 6.68. The van der Waals surface area contributed by atoms with Crippen molar-refractivity contribution < 1.29 is 18.4 Å². The highest BCUT2D eigenvalue weighted by Crippen LogP contribution is 2.11. The normalized spacial score (nSPS) is 10.4. The van der Waals surface area contributed by atoms with Crippen LogP contribution in [0.4, 0.5) is 0 Å². The van der Waals surface area contributed by atoms with Gasteiger partial charge < -0.3 is 8.85 Å². The van der Waals surface area contributed by atoms with Crippen LogP contribution in [0.25, 0.3) is 0 Å². The van der Waals surface area contributed by atoms with Gasteiger partial charge in [-0.3, -0.25) is 0 Å². The summed E-state index contributed by atoms with van der Waals surface area (Å²) < 4.78 is 10.1. The number of hydrogen-bond donors (Lipinski definition) is 0. The fourth-order valence-electron chi connectivity index (χ4n) is 0.642. The second-order valence-corrected chi connectivity index (χ2v) is 6.95. The van der Waals surface area contributed by atoms with Crippen molar-refractivity contribution in [3.8, 4) is 0 Å². The van der Waals surface area contributed by atoms with Gasteiger partial charge in [-0.1, -0.05) is 13.2 Å². The standard InChI is InChI=1S/C10H16O4Si/c1-7(2)9(11)13-15(5,6)14-10(12)8(3)4/h1,3H2,2,4-6H3.